The lowest BCUT2D eigenvalue weighted by Crippen LogP contribution is -2.53. The van der Waals surface area contributed by atoms with Crippen molar-refractivity contribution in [3.8, 4) is 0 Å². The number of carboxylic acid groups (broad SMARTS) is 1. The van der Waals surface area contributed by atoms with Crippen molar-refractivity contribution in [1.29, 1.82) is 0 Å². The van der Waals surface area contributed by atoms with E-state index < -0.39 is 28.0 Å². The molecule has 1 unspecified atom stereocenters. The van der Waals surface area contributed by atoms with Crippen LogP contribution in [0, 0.1) is 5.41 Å². The van der Waals surface area contributed by atoms with Crippen LogP contribution in [0.15, 0.2) is 17.8 Å². The van der Waals surface area contributed by atoms with Crippen molar-refractivity contribution < 1.29 is 19.0 Å². The second-order valence-electron chi connectivity index (χ2n) is 3.47. The van der Waals surface area contributed by atoms with Gasteiger partial charge in [-0.15, -0.1) is 6.58 Å². The maximum absolute atomic E-state index is 10.8. The predicted octanol–water partition coefficient (Wildman–Crippen LogP) is 1.69. The third-order valence-corrected chi connectivity index (χ3v) is 4.35. The van der Waals surface area contributed by atoms with Gasteiger partial charge in [-0.25, -0.2) is 0 Å². The highest BCUT2D eigenvalue weighted by Gasteiger charge is 2.53. The monoisotopic (exact) mass is 233 g/mol. The van der Waals surface area contributed by atoms with E-state index in [4.69, 9.17) is 10.6 Å². The largest absolute Gasteiger partial charge is 0.481 e. The third-order valence-electron chi connectivity index (χ3n) is 2.35. The normalized spacial score (nSPS) is 25.2. The van der Waals surface area contributed by atoms with Gasteiger partial charge in [0.05, 0.1) is 0 Å². The molecule has 0 radical (unpaired) electrons. The van der Waals surface area contributed by atoms with Crippen molar-refractivity contribution in [1.82, 2.24) is 0 Å². The topological polar surface area (TPSA) is 127 Å². The molecule has 84 valence electrons. The SMILES string of the molecule is C=CC1(C(N=[N+]=[N-])C(=O)O)CS(O)(O)C1. The van der Waals surface area contributed by atoms with Crippen LogP contribution < -0.4 is 0 Å². The number of azide groups is 1. The summed E-state index contributed by atoms with van der Waals surface area (Å²) in [5.74, 6) is -1.51. The molecule has 0 aromatic carbocycles. The van der Waals surface area contributed by atoms with Crippen molar-refractivity contribution in [2.24, 2.45) is 10.5 Å². The molecule has 1 aliphatic heterocycles. The molecule has 0 saturated carbocycles. The van der Waals surface area contributed by atoms with Gasteiger partial charge < -0.3 is 5.11 Å². The van der Waals surface area contributed by atoms with Crippen LogP contribution in [-0.4, -0.2) is 37.7 Å². The van der Waals surface area contributed by atoms with Gasteiger partial charge in [0.1, 0.15) is 6.04 Å². The molecule has 1 aliphatic rings. The Hall–Kier alpha value is -1.21. The van der Waals surface area contributed by atoms with Gasteiger partial charge in [0.2, 0.25) is 0 Å². The quantitative estimate of drug-likeness (QED) is 0.295. The Balaban J connectivity index is 2.96. The van der Waals surface area contributed by atoms with Crippen molar-refractivity contribution >= 4 is 16.6 Å². The molecule has 15 heavy (non-hydrogen) atoms. The lowest BCUT2D eigenvalue weighted by Gasteiger charge is -2.55. The zero-order chi connectivity index (χ0) is 11.7. The minimum Gasteiger partial charge on any atom is -0.481 e. The molecule has 0 aromatic rings. The van der Waals surface area contributed by atoms with E-state index in [9.17, 15) is 13.9 Å². The molecule has 7 nitrogen and oxygen atoms in total. The van der Waals surface area contributed by atoms with Gasteiger partial charge >= 0.3 is 5.97 Å². The molecule has 1 heterocycles. The molecule has 0 spiro atoms. The first-order chi connectivity index (χ1) is 6.87. The summed E-state index contributed by atoms with van der Waals surface area (Å²) >= 11 is 0. The molecule has 0 amide bonds. The number of carbonyl (C=O) groups is 1. The van der Waals surface area contributed by atoms with Crippen LogP contribution in [-0.2, 0) is 4.79 Å². The van der Waals surface area contributed by atoms with Gasteiger partial charge in [-0.2, -0.15) is 10.6 Å². The number of hydrogen-bond acceptors (Lipinski definition) is 4. The van der Waals surface area contributed by atoms with Crippen LogP contribution in [0.4, 0.5) is 0 Å². The molecule has 1 fully saturated rings. The van der Waals surface area contributed by atoms with Crippen molar-refractivity contribution in [2.75, 3.05) is 11.5 Å². The van der Waals surface area contributed by atoms with Gasteiger partial charge in [0, 0.05) is 21.8 Å². The first-order valence-corrected chi connectivity index (χ1v) is 5.89. The number of nitrogens with zero attached hydrogens (tertiary/aromatic N) is 3. The summed E-state index contributed by atoms with van der Waals surface area (Å²) in [6.45, 7) is 3.45. The average molecular weight is 233 g/mol. The van der Waals surface area contributed by atoms with E-state index in [0.29, 0.717) is 0 Å². The van der Waals surface area contributed by atoms with Crippen LogP contribution in [0.1, 0.15) is 0 Å². The lowest BCUT2D eigenvalue weighted by molar-refractivity contribution is -0.140. The Morgan fingerprint density at radius 2 is 2.20 bits per heavy atom. The highest BCUT2D eigenvalue weighted by atomic mass is 32.3. The van der Waals surface area contributed by atoms with Crippen LogP contribution >= 0.6 is 10.6 Å². The summed E-state index contributed by atoms with van der Waals surface area (Å²) in [7, 11) is -2.72. The fourth-order valence-electron chi connectivity index (χ4n) is 1.67. The Morgan fingerprint density at radius 1 is 1.67 bits per heavy atom. The summed E-state index contributed by atoms with van der Waals surface area (Å²) < 4.78 is 18.5. The Kier molecular flexibility index (Phi) is 2.96. The average Bonchev–Trinajstić information content (AvgIpc) is 2.09. The van der Waals surface area contributed by atoms with Crippen molar-refractivity contribution in [3.05, 3.63) is 23.1 Å². The van der Waals surface area contributed by atoms with Gasteiger partial charge in [0.25, 0.3) is 0 Å². The summed E-state index contributed by atoms with van der Waals surface area (Å²) in [6.07, 6.45) is 1.32. The van der Waals surface area contributed by atoms with E-state index in [1.54, 1.807) is 0 Å². The second kappa shape index (κ2) is 3.74. The first-order valence-electron chi connectivity index (χ1n) is 4.01. The number of aliphatic carboxylic acids is 1. The fraction of sp³-hybridized carbons (Fsp3) is 0.571. The summed E-state index contributed by atoms with van der Waals surface area (Å²) in [5, 5.41) is 12.0. The maximum atomic E-state index is 10.8. The van der Waals surface area contributed by atoms with Gasteiger partial charge in [-0.05, 0) is 5.53 Å². The fourth-order valence-corrected chi connectivity index (χ4v) is 3.86. The third kappa shape index (κ3) is 2.07. The van der Waals surface area contributed by atoms with Gasteiger partial charge in [-0.1, -0.05) is 11.2 Å². The molecular weight excluding hydrogens is 222 g/mol. The molecule has 3 N–H and O–H groups in total. The Morgan fingerprint density at radius 3 is 2.47 bits per heavy atom. The zero-order valence-electron chi connectivity index (χ0n) is 7.78. The number of rotatable bonds is 4. The standard InChI is InChI=1S/C7H11N3O4S/c1-2-7(3-15(13,14)4-7)5(6(11)12)9-10-8/h2,5,13-14H,1,3-4H2,(H,11,12). The lowest BCUT2D eigenvalue weighted by atomic mass is 9.83. The summed E-state index contributed by atoms with van der Waals surface area (Å²) in [4.78, 5) is 13.3. The second-order valence-corrected chi connectivity index (χ2v) is 5.66. The molecule has 0 aromatic heterocycles. The molecule has 8 heteroatoms. The van der Waals surface area contributed by atoms with E-state index >= 15 is 0 Å². The van der Waals surface area contributed by atoms with Crippen molar-refractivity contribution in [3.63, 3.8) is 0 Å². The molecule has 0 aliphatic carbocycles. The van der Waals surface area contributed by atoms with E-state index in [0.717, 1.165) is 0 Å². The van der Waals surface area contributed by atoms with Gasteiger partial charge in [0.15, 0.2) is 0 Å². The molecule has 0 bridgehead atoms. The van der Waals surface area contributed by atoms with E-state index in [-0.39, 0.29) is 11.5 Å². The minimum absolute atomic E-state index is 0.112. The van der Waals surface area contributed by atoms with E-state index in [1.165, 1.54) is 6.08 Å². The number of carboxylic acids is 1. The van der Waals surface area contributed by atoms with Gasteiger partial charge in [-0.3, -0.25) is 13.9 Å². The van der Waals surface area contributed by atoms with Crippen LogP contribution in [0.3, 0.4) is 0 Å². The molecule has 1 rings (SSSR count). The van der Waals surface area contributed by atoms with Crippen LogP contribution in [0.25, 0.3) is 10.4 Å². The molecule has 1 atom stereocenters. The molecular formula is C7H11N3O4S. The first kappa shape index (κ1) is 11.9. The zero-order valence-corrected chi connectivity index (χ0v) is 8.59. The molecule has 1 saturated heterocycles. The van der Waals surface area contributed by atoms with Crippen molar-refractivity contribution in [2.45, 2.75) is 6.04 Å². The predicted molar refractivity (Wildman–Crippen MR) is 55.8 cm³/mol. The minimum atomic E-state index is -2.72. The van der Waals surface area contributed by atoms with E-state index in [2.05, 4.69) is 16.6 Å². The smallest absolute Gasteiger partial charge is 0.313 e. The Bertz CT molecular complexity index is 340. The number of hydrogen-bond donors (Lipinski definition) is 3. The summed E-state index contributed by atoms with van der Waals surface area (Å²) in [6, 6.07) is -1.33. The van der Waals surface area contributed by atoms with E-state index in [1.807, 2.05) is 0 Å². The van der Waals surface area contributed by atoms with Crippen LogP contribution in [0.5, 0.6) is 0 Å². The highest BCUT2D eigenvalue weighted by Crippen LogP contribution is 2.61. The van der Waals surface area contributed by atoms with Crippen LogP contribution in [0.2, 0.25) is 0 Å². The summed E-state index contributed by atoms with van der Waals surface area (Å²) in [5.41, 5.74) is 7.21. The Labute approximate surface area is 87.4 Å². The highest BCUT2D eigenvalue weighted by molar-refractivity contribution is 8.25. The maximum Gasteiger partial charge on any atom is 0.313 e.